The Morgan fingerprint density at radius 3 is 1.64 bits per heavy atom. The summed E-state index contributed by atoms with van der Waals surface area (Å²) in [6, 6.07) is 2.57. The van der Waals surface area contributed by atoms with E-state index in [9.17, 15) is 52.3 Å². The third-order valence-corrected chi connectivity index (χ3v) is 5.71. The van der Waals surface area contributed by atoms with Gasteiger partial charge in [-0.2, -0.15) is 47.9 Å². The maximum Gasteiger partial charge on any atom is 0.460 e. The molecule has 0 atom stereocenters. The summed E-state index contributed by atoms with van der Waals surface area (Å²) >= 11 is 0. The Bertz CT molecular complexity index is 947. The van der Waals surface area contributed by atoms with Crippen LogP contribution in [0, 0.1) is 5.82 Å². The van der Waals surface area contributed by atoms with Crippen molar-refractivity contribution in [1.29, 1.82) is 0 Å². The number of hydrogen-bond donors (Lipinski definition) is 0. The van der Waals surface area contributed by atoms with E-state index in [2.05, 4.69) is 4.40 Å². The summed E-state index contributed by atoms with van der Waals surface area (Å²) in [6.07, 6.45) is -7.86. The smallest absolute Gasteiger partial charge is 0.354 e. The lowest BCUT2D eigenvalue weighted by Crippen LogP contribution is -2.63. The topological polar surface area (TPSA) is 49.7 Å². The number of rotatable bonds is 8. The molecule has 0 aromatic heterocycles. The zero-order valence-corrected chi connectivity index (χ0v) is 18.4. The fourth-order valence-corrected chi connectivity index (χ4v) is 3.87. The fourth-order valence-electron chi connectivity index (χ4n) is 2.87. The summed E-state index contributed by atoms with van der Waals surface area (Å²) in [5.41, 5.74) is 0.0624. The predicted octanol–water partition coefficient (Wildman–Crippen LogP) is 5.64. The number of benzene rings is 1. The summed E-state index contributed by atoms with van der Waals surface area (Å²) in [6.45, 7) is 5.71. The third kappa shape index (κ3) is 5.54. The van der Waals surface area contributed by atoms with Gasteiger partial charge in [0.05, 0.1) is 0 Å². The standard InChI is InChI=1S/C18H20F10N2O2S/c1-10(2)30(11(3)4)14(9-12-5-7-13(19)8-6-12)29-33(31,32)18(27,28)16(22,23)15(20,21)17(24,25)26/h5-8,10-11H,9H2,1-4H3/b29-14-. The highest BCUT2D eigenvalue weighted by atomic mass is 32.2. The molecular formula is C18H20F10N2O2S. The molecule has 0 N–H and O–H groups in total. The van der Waals surface area contributed by atoms with Gasteiger partial charge in [-0.05, 0) is 45.4 Å². The molecule has 0 amide bonds. The van der Waals surface area contributed by atoms with Crippen LogP contribution in [0.1, 0.15) is 33.3 Å². The van der Waals surface area contributed by atoms with Crippen molar-refractivity contribution in [3.8, 4) is 0 Å². The maximum absolute atomic E-state index is 14.1. The first-order valence-corrected chi connectivity index (χ1v) is 10.6. The summed E-state index contributed by atoms with van der Waals surface area (Å²) in [7, 11) is -6.99. The molecule has 0 aliphatic carbocycles. The average Bonchev–Trinajstić information content (AvgIpc) is 2.61. The van der Waals surface area contributed by atoms with Crippen molar-refractivity contribution in [3.05, 3.63) is 35.6 Å². The molecule has 0 aliphatic heterocycles. The lowest BCUT2D eigenvalue weighted by Gasteiger charge is -2.35. The van der Waals surface area contributed by atoms with E-state index in [-0.39, 0.29) is 5.56 Å². The summed E-state index contributed by atoms with van der Waals surface area (Å²) in [5.74, 6) is -16.4. The minimum absolute atomic E-state index is 0.0624. The number of alkyl halides is 9. The van der Waals surface area contributed by atoms with Crippen LogP contribution in [0.15, 0.2) is 28.7 Å². The van der Waals surface area contributed by atoms with Crippen molar-refractivity contribution >= 4 is 15.9 Å². The summed E-state index contributed by atoms with van der Waals surface area (Å²) < 4.78 is 159. The quantitative estimate of drug-likeness (QED) is 0.254. The van der Waals surface area contributed by atoms with Crippen LogP contribution in [0.3, 0.4) is 0 Å². The van der Waals surface area contributed by atoms with E-state index in [0.717, 1.165) is 29.2 Å². The molecule has 1 aromatic carbocycles. The molecule has 33 heavy (non-hydrogen) atoms. The Morgan fingerprint density at radius 2 is 1.27 bits per heavy atom. The molecule has 1 rings (SSSR count). The molecule has 0 unspecified atom stereocenters. The van der Waals surface area contributed by atoms with Crippen LogP contribution in [-0.4, -0.2) is 54.5 Å². The monoisotopic (exact) mass is 518 g/mol. The van der Waals surface area contributed by atoms with E-state index in [0.29, 0.717) is 0 Å². The Labute approximate surface area is 183 Å². The second-order valence-corrected chi connectivity index (χ2v) is 9.19. The number of nitrogens with zero attached hydrogens (tertiary/aromatic N) is 2. The molecule has 0 radical (unpaired) electrons. The van der Waals surface area contributed by atoms with Crippen molar-refractivity contribution in [2.45, 2.75) is 69.5 Å². The molecule has 0 fully saturated rings. The normalized spacial score (nSPS) is 14.8. The van der Waals surface area contributed by atoms with Gasteiger partial charge in [-0.15, -0.1) is 4.40 Å². The van der Waals surface area contributed by atoms with Crippen LogP contribution in [0.2, 0.25) is 0 Å². The molecule has 15 heteroatoms. The summed E-state index contributed by atoms with van der Waals surface area (Å²) in [4.78, 5) is 1.05. The molecule has 0 heterocycles. The van der Waals surface area contributed by atoms with Crippen molar-refractivity contribution < 1.29 is 52.3 Å². The Balaban J connectivity index is 3.71. The van der Waals surface area contributed by atoms with E-state index < -0.39 is 63.5 Å². The molecule has 1 aromatic rings. The van der Waals surface area contributed by atoms with Crippen molar-refractivity contribution in [3.63, 3.8) is 0 Å². The molecular weight excluding hydrogens is 498 g/mol. The van der Waals surface area contributed by atoms with Crippen molar-refractivity contribution in [2.24, 2.45) is 4.40 Å². The number of amidine groups is 1. The minimum Gasteiger partial charge on any atom is -0.354 e. The first-order valence-electron chi connectivity index (χ1n) is 9.16. The van der Waals surface area contributed by atoms with Gasteiger partial charge in [0, 0.05) is 18.5 Å². The first-order chi connectivity index (χ1) is 14.6. The van der Waals surface area contributed by atoms with Gasteiger partial charge in [0.15, 0.2) is 0 Å². The van der Waals surface area contributed by atoms with E-state index in [1.807, 2.05) is 0 Å². The SMILES string of the molecule is CC(C)N(/C(Cc1ccc(F)cc1)=N\S(=O)(=O)C(F)(F)C(F)(F)C(F)(F)C(F)(F)F)C(C)C. The van der Waals surface area contributed by atoms with E-state index in [4.69, 9.17) is 0 Å². The van der Waals surface area contributed by atoms with Gasteiger partial charge in [-0.1, -0.05) is 12.1 Å². The molecule has 0 aliphatic rings. The zero-order chi connectivity index (χ0) is 26.2. The average molecular weight is 518 g/mol. The van der Waals surface area contributed by atoms with Gasteiger partial charge in [0.2, 0.25) is 0 Å². The van der Waals surface area contributed by atoms with E-state index >= 15 is 0 Å². The molecule has 0 saturated heterocycles. The van der Waals surface area contributed by atoms with E-state index in [1.165, 1.54) is 27.7 Å². The van der Waals surface area contributed by atoms with Gasteiger partial charge in [-0.25, -0.2) is 4.39 Å². The number of halogens is 10. The minimum atomic E-state index is -7.39. The largest absolute Gasteiger partial charge is 0.460 e. The van der Waals surface area contributed by atoms with Gasteiger partial charge in [-0.3, -0.25) is 0 Å². The second kappa shape index (κ2) is 9.29. The van der Waals surface area contributed by atoms with Gasteiger partial charge < -0.3 is 4.90 Å². The Morgan fingerprint density at radius 1 is 0.848 bits per heavy atom. The first kappa shape index (κ1) is 29.0. The zero-order valence-electron chi connectivity index (χ0n) is 17.6. The lowest BCUT2D eigenvalue weighted by atomic mass is 10.1. The number of sulfonamides is 1. The molecule has 0 saturated carbocycles. The van der Waals surface area contributed by atoms with Crippen LogP contribution >= 0.6 is 0 Å². The molecule has 0 bridgehead atoms. The van der Waals surface area contributed by atoms with Gasteiger partial charge in [0.25, 0.3) is 0 Å². The predicted molar refractivity (Wildman–Crippen MR) is 99.5 cm³/mol. The van der Waals surface area contributed by atoms with Crippen LogP contribution in [-0.2, 0) is 16.4 Å². The van der Waals surface area contributed by atoms with Gasteiger partial charge in [0.1, 0.15) is 11.7 Å². The van der Waals surface area contributed by atoms with Crippen molar-refractivity contribution in [2.75, 3.05) is 0 Å². The molecule has 190 valence electrons. The Hall–Kier alpha value is -2.06. The molecule has 4 nitrogen and oxygen atoms in total. The lowest BCUT2D eigenvalue weighted by molar-refractivity contribution is -0.382. The van der Waals surface area contributed by atoms with Crippen LogP contribution in [0.5, 0.6) is 0 Å². The number of hydrogen-bond acceptors (Lipinski definition) is 2. The highest BCUT2D eigenvalue weighted by molar-refractivity contribution is 7.91. The maximum atomic E-state index is 14.1. The van der Waals surface area contributed by atoms with Crippen LogP contribution in [0.4, 0.5) is 43.9 Å². The fraction of sp³-hybridized carbons (Fsp3) is 0.611. The molecule has 0 spiro atoms. The van der Waals surface area contributed by atoms with Crippen LogP contribution < -0.4 is 0 Å². The summed E-state index contributed by atoms with van der Waals surface area (Å²) in [5, 5.41) is -6.94. The highest BCUT2D eigenvalue weighted by Crippen LogP contribution is 2.55. The van der Waals surface area contributed by atoms with Crippen LogP contribution in [0.25, 0.3) is 0 Å². The van der Waals surface area contributed by atoms with Gasteiger partial charge >= 0.3 is 33.3 Å². The van der Waals surface area contributed by atoms with Crippen molar-refractivity contribution in [1.82, 2.24) is 4.90 Å². The second-order valence-electron chi connectivity index (χ2n) is 7.54. The van der Waals surface area contributed by atoms with E-state index in [1.54, 1.807) is 0 Å². The Kier molecular flexibility index (Phi) is 8.16. The highest BCUT2D eigenvalue weighted by Gasteiger charge is 2.85. The third-order valence-electron chi connectivity index (χ3n) is 4.35.